The number of benzene rings is 2. The van der Waals surface area contributed by atoms with Crippen molar-refractivity contribution >= 4 is 51.3 Å². The van der Waals surface area contributed by atoms with Crippen LogP contribution in [0.3, 0.4) is 0 Å². The smallest absolute Gasteiger partial charge is 0.296 e. The third-order valence-corrected chi connectivity index (χ3v) is 9.06. The fraction of sp³-hybridized carbons (Fsp3) is 0.192. The van der Waals surface area contributed by atoms with Crippen molar-refractivity contribution in [2.75, 3.05) is 12.0 Å². The number of ketones is 1. The van der Waals surface area contributed by atoms with Crippen LogP contribution in [-0.4, -0.2) is 39.1 Å². The number of amides is 1. The number of ether oxygens (including phenoxy) is 1. The van der Waals surface area contributed by atoms with Crippen molar-refractivity contribution in [3.05, 3.63) is 92.4 Å². The van der Waals surface area contributed by atoms with E-state index in [9.17, 15) is 19.1 Å². The van der Waals surface area contributed by atoms with Crippen LogP contribution in [-0.2, 0) is 10.5 Å². The molecule has 1 N–H and O–H groups in total. The summed E-state index contributed by atoms with van der Waals surface area (Å²) in [5.41, 5.74) is 1.53. The summed E-state index contributed by atoms with van der Waals surface area (Å²) in [6.07, 6.45) is 0. The predicted octanol–water partition coefficient (Wildman–Crippen LogP) is 5.83. The van der Waals surface area contributed by atoms with E-state index in [0.717, 1.165) is 11.3 Å². The molecule has 0 aliphatic carbocycles. The van der Waals surface area contributed by atoms with E-state index in [4.69, 9.17) is 4.74 Å². The van der Waals surface area contributed by atoms with Crippen molar-refractivity contribution < 1.29 is 23.8 Å². The number of methoxy groups -OCH3 is 1. The van der Waals surface area contributed by atoms with Gasteiger partial charge in [0.2, 0.25) is 10.9 Å². The van der Waals surface area contributed by atoms with Gasteiger partial charge in [-0.1, -0.05) is 53.4 Å². The number of anilines is 1. The highest BCUT2D eigenvalue weighted by molar-refractivity contribution is 8.00. The first-order valence-electron chi connectivity index (χ1n) is 11.4. The average Bonchev–Trinajstić information content (AvgIpc) is 3.59. The molecule has 4 aromatic rings. The summed E-state index contributed by atoms with van der Waals surface area (Å²) in [6.45, 7) is 3.50. The molecule has 0 saturated carbocycles. The van der Waals surface area contributed by atoms with E-state index in [1.165, 1.54) is 41.2 Å². The zero-order chi connectivity index (χ0) is 27.0. The van der Waals surface area contributed by atoms with Crippen LogP contribution >= 0.6 is 34.4 Å². The van der Waals surface area contributed by atoms with Crippen molar-refractivity contribution in [2.45, 2.75) is 30.0 Å². The molecule has 8 nitrogen and oxygen atoms in total. The molecular weight excluding hydrogens is 548 g/mol. The number of nitrogens with zero attached hydrogens (tertiary/aromatic N) is 4. The number of Topliss-reactive ketones (excluding diaryl/α,β-unsaturated/α-hetero) is 1. The number of carbonyl (C=O) groups excluding carboxylic acids is 2. The lowest BCUT2D eigenvalue weighted by molar-refractivity contribution is -0.117. The number of aliphatic hydroxyl groups excluding tert-OH is 1. The van der Waals surface area contributed by atoms with Crippen molar-refractivity contribution in [3.63, 3.8) is 0 Å². The summed E-state index contributed by atoms with van der Waals surface area (Å²) in [6, 6.07) is 12.4. The molecule has 0 fully saturated rings. The van der Waals surface area contributed by atoms with Crippen molar-refractivity contribution in [2.24, 2.45) is 0 Å². The van der Waals surface area contributed by atoms with E-state index in [1.54, 1.807) is 56.3 Å². The lowest BCUT2D eigenvalue weighted by Gasteiger charge is -2.24. The molecule has 2 aromatic heterocycles. The number of aliphatic hydroxyl groups is 1. The number of carbonyl (C=O) groups is 2. The van der Waals surface area contributed by atoms with E-state index in [0.29, 0.717) is 42.5 Å². The molecule has 2 aromatic carbocycles. The molecule has 0 spiro atoms. The predicted molar refractivity (Wildman–Crippen MR) is 145 cm³/mol. The third kappa shape index (κ3) is 4.82. The van der Waals surface area contributed by atoms with Crippen molar-refractivity contribution in [1.29, 1.82) is 0 Å². The third-order valence-electron chi connectivity index (χ3n) is 5.88. The van der Waals surface area contributed by atoms with Crippen molar-refractivity contribution in [1.82, 2.24) is 15.2 Å². The van der Waals surface area contributed by atoms with Crippen LogP contribution in [0, 0.1) is 19.7 Å². The molecule has 0 bridgehead atoms. The quantitative estimate of drug-likeness (QED) is 0.161. The van der Waals surface area contributed by atoms with E-state index in [2.05, 4.69) is 15.2 Å². The van der Waals surface area contributed by atoms with E-state index < -0.39 is 23.5 Å². The molecule has 0 radical (unpaired) electrons. The van der Waals surface area contributed by atoms with Gasteiger partial charge in [0.25, 0.3) is 5.91 Å². The summed E-state index contributed by atoms with van der Waals surface area (Å²) < 4.78 is 19.9. The largest absolute Gasteiger partial charge is 0.503 e. The number of hydrogen-bond acceptors (Lipinski definition) is 10. The molecule has 1 amide bonds. The summed E-state index contributed by atoms with van der Waals surface area (Å²) in [5.74, 6) is -1.36. The summed E-state index contributed by atoms with van der Waals surface area (Å²) in [7, 11) is 1.52. The normalized spacial score (nSPS) is 15.4. The molecule has 1 atom stereocenters. The minimum absolute atomic E-state index is 0.0641. The maximum Gasteiger partial charge on any atom is 0.296 e. The minimum atomic E-state index is -0.968. The van der Waals surface area contributed by atoms with Gasteiger partial charge in [-0.15, -0.1) is 21.5 Å². The van der Waals surface area contributed by atoms with Gasteiger partial charge < -0.3 is 9.84 Å². The fourth-order valence-electron chi connectivity index (χ4n) is 4.14. The summed E-state index contributed by atoms with van der Waals surface area (Å²) in [5, 5.41) is 20.3. The first-order valence-corrected chi connectivity index (χ1v) is 14.0. The number of aryl methyl sites for hydroxylation is 2. The maximum atomic E-state index is 14.0. The van der Waals surface area contributed by atoms with Gasteiger partial charge in [0.1, 0.15) is 11.6 Å². The monoisotopic (exact) mass is 568 g/mol. The minimum Gasteiger partial charge on any atom is -0.503 e. The molecule has 1 unspecified atom stereocenters. The van der Waals surface area contributed by atoms with Gasteiger partial charge in [-0.2, -0.15) is 0 Å². The Morgan fingerprint density at radius 3 is 2.66 bits per heavy atom. The number of thiazole rings is 1. The van der Waals surface area contributed by atoms with Gasteiger partial charge in [0.15, 0.2) is 10.1 Å². The van der Waals surface area contributed by atoms with Crippen LogP contribution < -0.4 is 9.64 Å². The molecule has 5 rings (SSSR count). The van der Waals surface area contributed by atoms with Gasteiger partial charge in [0, 0.05) is 5.75 Å². The van der Waals surface area contributed by atoms with Crippen LogP contribution in [0.15, 0.2) is 64.2 Å². The maximum absolute atomic E-state index is 14.0. The van der Waals surface area contributed by atoms with Crippen molar-refractivity contribution in [3.8, 4) is 5.75 Å². The molecule has 1 aliphatic rings. The topological polar surface area (TPSA) is 106 Å². The van der Waals surface area contributed by atoms with Gasteiger partial charge in [-0.3, -0.25) is 14.5 Å². The lowest BCUT2D eigenvalue weighted by atomic mass is 9.95. The first-order chi connectivity index (χ1) is 18.3. The number of thioether (sulfide) groups is 1. The second-order valence-corrected chi connectivity index (χ2v) is 11.7. The molecule has 3 heterocycles. The highest BCUT2D eigenvalue weighted by Crippen LogP contribution is 2.45. The van der Waals surface area contributed by atoms with Crippen LogP contribution in [0.2, 0.25) is 0 Å². The van der Waals surface area contributed by atoms with Gasteiger partial charge in [-0.25, -0.2) is 9.37 Å². The van der Waals surface area contributed by atoms with Crippen LogP contribution in [0.5, 0.6) is 5.75 Å². The summed E-state index contributed by atoms with van der Waals surface area (Å²) >= 11 is 3.60. The second kappa shape index (κ2) is 10.6. The molecule has 12 heteroatoms. The van der Waals surface area contributed by atoms with Crippen LogP contribution in [0.4, 0.5) is 9.52 Å². The SMILES string of the molecule is COc1cccc(C2C(C(=O)c3sc(C)nc3C)=C(O)C(=O)N2c2nnc(SCc3ccccc3F)s2)c1. The van der Waals surface area contributed by atoms with Gasteiger partial charge in [-0.05, 0) is 43.2 Å². The standard InChI is InChI=1S/C26H21FN4O4S3/c1-13-23(37-14(2)28-13)21(32)19-20(15-8-6-9-17(11-15)35-3)31(24(34)22(19)33)25-29-30-26(38-25)36-12-16-7-4-5-10-18(16)27/h4-11,20,33H,12H2,1-3H3. The van der Waals surface area contributed by atoms with Crippen LogP contribution in [0.1, 0.15) is 37.5 Å². The molecule has 0 saturated heterocycles. The Labute approximate surface area is 229 Å². The number of halogens is 1. The highest BCUT2D eigenvalue weighted by Gasteiger charge is 2.46. The average molecular weight is 569 g/mol. The second-order valence-electron chi connectivity index (χ2n) is 8.32. The Bertz CT molecular complexity index is 1580. The Balaban J connectivity index is 1.53. The van der Waals surface area contributed by atoms with Gasteiger partial charge >= 0.3 is 0 Å². The summed E-state index contributed by atoms with van der Waals surface area (Å²) in [4.78, 5) is 33.1. The fourth-order valence-corrected chi connectivity index (χ4v) is 6.87. The lowest BCUT2D eigenvalue weighted by Crippen LogP contribution is -2.31. The van der Waals surface area contributed by atoms with E-state index in [1.807, 2.05) is 0 Å². The van der Waals surface area contributed by atoms with Gasteiger partial charge in [0.05, 0.1) is 34.3 Å². The first kappa shape index (κ1) is 26.0. The Hall–Kier alpha value is -3.61. The van der Waals surface area contributed by atoms with Crippen LogP contribution in [0.25, 0.3) is 0 Å². The Morgan fingerprint density at radius 1 is 1.16 bits per heavy atom. The number of aromatic nitrogens is 3. The molecule has 38 heavy (non-hydrogen) atoms. The Morgan fingerprint density at radius 2 is 1.95 bits per heavy atom. The van der Waals surface area contributed by atoms with E-state index >= 15 is 0 Å². The molecular formula is C26H21FN4O4S3. The molecule has 194 valence electrons. The molecule has 1 aliphatic heterocycles. The zero-order valence-electron chi connectivity index (χ0n) is 20.5. The zero-order valence-corrected chi connectivity index (χ0v) is 22.9. The number of rotatable bonds is 8. The highest BCUT2D eigenvalue weighted by atomic mass is 32.2. The Kier molecular flexibility index (Phi) is 7.28. The van der Waals surface area contributed by atoms with E-state index in [-0.39, 0.29) is 16.5 Å². The number of hydrogen-bond donors (Lipinski definition) is 1.